The monoisotopic (exact) mass is 237 g/mol. The van der Waals surface area contributed by atoms with Crippen LogP contribution in [0.15, 0.2) is 9.59 Å². The summed E-state index contributed by atoms with van der Waals surface area (Å²) in [6.45, 7) is 2.02. The zero-order valence-electron chi connectivity index (χ0n) is 9.71. The van der Waals surface area contributed by atoms with Crippen molar-refractivity contribution in [1.82, 2.24) is 14.9 Å². The molecule has 0 aliphatic carbocycles. The molecule has 1 saturated heterocycles. The molecular weight excluding hydrogens is 222 g/mol. The number of rotatable bonds is 0. The summed E-state index contributed by atoms with van der Waals surface area (Å²) in [7, 11) is 1.67. The molecule has 0 atom stereocenters. The maximum atomic E-state index is 12.0. The SMILES string of the molecule is Cn1c2c(c(=O)[nH]c1=O)C1(CCNCC1)OC2. The molecule has 1 aromatic rings. The van der Waals surface area contributed by atoms with Gasteiger partial charge in [-0.25, -0.2) is 4.79 Å². The second-order valence-electron chi connectivity index (χ2n) is 4.67. The van der Waals surface area contributed by atoms with Crippen LogP contribution in [0.3, 0.4) is 0 Å². The number of aromatic nitrogens is 2. The Labute approximate surface area is 97.6 Å². The summed E-state index contributed by atoms with van der Waals surface area (Å²) < 4.78 is 7.33. The molecule has 1 spiro atoms. The van der Waals surface area contributed by atoms with E-state index >= 15 is 0 Å². The van der Waals surface area contributed by atoms with Crippen molar-refractivity contribution in [1.29, 1.82) is 0 Å². The summed E-state index contributed by atoms with van der Waals surface area (Å²) in [6, 6.07) is 0. The Hall–Kier alpha value is -1.40. The van der Waals surface area contributed by atoms with E-state index in [4.69, 9.17) is 4.74 Å². The minimum Gasteiger partial charge on any atom is -0.364 e. The number of hydrogen-bond acceptors (Lipinski definition) is 4. The van der Waals surface area contributed by atoms with Gasteiger partial charge in [0, 0.05) is 7.05 Å². The molecule has 17 heavy (non-hydrogen) atoms. The summed E-state index contributed by atoms with van der Waals surface area (Å²) >= 11 is 0. The normalized spacial score (nSPS) is 21.7. The average molecular weight is 237 g/mol. The van der Waals surface area contributed by atoms with Crippen molar-refractivity contribution in [2.75, 3.05) is 13.1 Å². The predicted molar refractivity (Wildman–Crippen MR) is 60.9 cm³/mol. The molecule has 92 valence electrons. The fourth-order valence-corrected chi connectivity index (χ4v) is 2.81. The summed E-state index contributed by atoms with van der Waals surface area (Å²) in [5, 5.41) is 3.25. The van der Waals surface area contributed by atoms with Crippen LogP contribution < -0.4 is 16.6 Å². The van der Waals surface area contributed by atoms with Gasteiger partial charge in [-0.15, -0.1) is 0 Å². The summed E-state index contributed by atoms with van der Waals surface area (Å²) in [6.07, 6.45) is 1.56. The summed E-state index contributed by atoms with van der Waals surface area (Å²) in [5.74, 6) is 0. The molecule has 3 rings (SSSR count). The minimum atomic E-state index is -0.486. The van der Waals surface area contributed by atoms with Gasteiger partial charge in [0.25, 0.3) is 5.56 Å². The van der Waals surface area contributed by atoms with Crippen molar-refractivity contribution < 1.29 is 4.74 Å². The van der Waals surface area contributed by atoms with E-state index in [1.165, 1.54) is 4.57 Å². The van der Waals surface area contributed by atoms with Crippen LogP contribution in [-0.4, -0.2) is 22.6 Å². The molecule has 0 saturated carbocycles. The van der Waals surface area contributed by atoms with Gasteiger partial charge in [-0.1, -0.05) is 0 Å². The van der Waals surface area contributed by atoms with E-state index in [9.17, 15) is 9.59 Å². The van der Waals surface area contributed by atoms with Gasteiger partial charge in [-0.05, 0) is 25.9 Å². The van der Waals surface area contributed by atoms with Gasteiger partial charge in [0.05, 0.1) is 17.9 Å². The van der Waals surface area contributed by atoms with Crippen LogP contribution in [0.2, 0.25) is 0 Å². The number of fused-ring (bicyclic) bond motifs is 2. The largest absolute Gasteiger partial charge is 0.364 e. The van der Waals surface area contributed by atoms with Gasteiger partial charge in [-0.2, -0.15) is 0 Å². The Morgan fingerprint density at radius 2 is 2.00 bits per heavy atom. The van der Waals surface area contributed by atoms with Crippen LogP contribution in [0.4, 0.5) is 0 Å². The van der Waals surface area contributed by atoms with Gasteiger partial charge in [0.15, 0.2) is 0 Å². The Kier molecular flexibility index (Phi) is 2.24. The number of ether oxygens (including phenoxy) is 1. The third-order valence-corrected chi connectivity index (χ3v) is 3.80. The van der Waals surface area contributed by atoms with Crippen molar-refractivity contribution in [3.8, 4) is 0 Å². The zero-order chi connectivity index (χ0) is 12.0. The van der Waals surface area contributed by atoms with Crippen molar-refractivity contribution >= 4 is 0 Å². The number of piperidine rings is 1. The van der Waals surface area contributed by atoms with Crippen molar-refractivity contribution in [3.05, 3.63) is 32.1 Å². The molecule has 0 unspecified atom stereocenters. The van der Waals surface area contributed by atoms with Crippen LogP contribution in [0.1, 0.15) is 24.1 Å². The minimum absolute atomic E-state index is 0.289. The lowest BCUT2D eigenvalue weighted by Gasteiger charge is -2.32. The van der Waals surface area contributed by atoms with E-state index in [-0.39, 0.29) is 11.2 Å². The molecule has 6 nitrogen and oxygen atoms in total. The van der Waals surface area contributed by atoms with E-state index in [1.807, 2.05) is 0 Å². The molecule has 0 bridgehead atoms. The second-order valence-corrected chi connectivity index (χ2v) is 4.67. The Morgan fingerprint density at radius 3 is 2.71 bits per heavy atom. The lowest BCUT2D eigenvalue weighted by molar-refractivity contribution is -0.0601. The predicted octanol–water partition coefficient (Wildman–Crippen LogP) is -0.817. The first-order valence-electron chi connectivity index (χ1n) is 5.81. The standard InChI is InChI=1S/C11H15N3O3/c1-14-7-6-17-11(2-4-12-5-3-11)8(7)9(15)13-10(14)16/h12H,2-6H2,1H3,(H,13,15,16). The molecule has 0 radical (unpaired) electrons. The van der Waals surface area contributed by atoms with Crippen molar-refractivity contribution in [3.63, 3.8) is 0 Å². The summed E-state index contributed by atoms with van der Waals surface area (Å²) in [5.41, 5.74) is 0.229. The Morgan fingerprint density at radius 1 is 1.29 bits per heavy atom. The topological polar surface area (TPSA) is 76.1 Å². The highest BCUT2D eigenvalue weighted by Crippen LogP contribution is 2.40. The molecule has 1 aromatic heterocycles. The first kappa shape index (κ1) is 10.7. The molecule has 2 aliphatic heterocycles. The van der Waals surface area contributed by atoms with Crippen molar-refractivity contribution in [2.24, 2.45) is 7.05 Å². The van der Waals surface area contributed by atoms with Crippen LogP contribution in [0.25, 0.3) is 0 Å². The van der Waals surface area contributed by atoms with Crippen LogP contribution in [0.5, 0.6) is 0 Å². The Balaban J connectivity index is 2.23. The molecule has 2 N–H and O–H groups in total. The number of aromatic amines is 1. The molecule has 1 fully saturated rings. The fourth-order valence-electron chi connectivity index (χ4n) is 2.81. The van der Waals surface area contributed by atoms with Gasteiger partial charge < -0.3 is 10.1 Å². The molecule has 6 heteroatoms. The first-order valence-corrected chi connectivity index (χ1v) is 5.81. The second kappa shape index (κ2) is 3.54. The molecule has 2 aliphatic rings. The van der Waals surface area contributed by atoms with Gasteiger partial charge in [-0.3, -0.25) is 14.3 Å². The summed E-state index contributed by atoms with van der Waals surface area (Å²) in [4.78, 5) is 25.9. The molecule has 3 heterocycles. The van der Waals surface area contributed by atoms with Gasteiger partial charge >= 0.3 is 5.69 Å². The van der Waals surface area contributed by atoms with Gasteiger partial charge in [0.1, 0.15) is 5.60 Å². The van der Waals surface area contributed by atoms with E-state index < -0.39 is 5.60 Å². The van der Waals surface area contributed by atoms with Crippen LogP contribution in [0, 0.1) is 0 Å². The zero-order valence-corrected chi connectivity index (χ0v) is 9.71. The number of nitrogens with zero attached hydrogens (tertiary/aromatic N) is 1. The van der Waals surface area contributed by atoms with Gasteiger partial charge in [0.2, 0.25) is 0 Å². The molecular formula is C11H15N3O3. The number of H-pyrrole nitrogens is 1. The first-order chi connectivity index (χ1) is 8.14. The van der Waals surface area contributed by atoms with E-state index in [1.54, 1.807) is 7.05 Å². The highest BCUT2D eigenvalue weighted by atomic mass is 16.5. The Bertz CT molecular complexity index is 566. The maximum Gasteiger partial charge on any atom is 0.328 e. The highest BCUT2D eigenvalue weighted by molar-refractivity contribution is 5.29. The third-order valence-electron chi connectivity index (χ3n) is 3.80. The smallest absolute Gasteiger partial charge is 0.328 e. The number of hydrogen-bond donors (Lipinski definition) is 2. The lowest BCUT2D eigenvalue weighted by atomic mass is 9.86. The average Bonchev–Trinajstić information content (AvgIpc) is 2.67. The maximum absolute atomic E-state index is 12.0. The lowest BCUT2D eigenvalue weighted by Crippen LogP contribution is -2.44. The molecule has 0 amide bonds. The van der Waals surface area contributed by atoms with Crippen LogP contribution >= 0.6 is 0 Å². The van der Waals surface area contributed by atoms with Crippen molar-refractivity contribution in [2.45, 2.75) is 25.0 Å². The van der Waals surface area contributed by atoms with E-state index in [0.717, 1.165) is 31.6 Å². The van der Waals surface area contributed by atoms with E-state index in [2.05, 4.69) is 10.3 Å². The van der Waals surface area contributed by atoms with E-state index in [0.29, 0.717) is 12.2 Å². The van der Waals surface area contributed by atoms with Crippen LogP contribution in [-0.2, 0) is 24.0 Å². The fraction of sp³-hybridized carbons (Fsp3) is 0.636. The molecule has 0 aromatic carbocycles. The third kappa shape index (κ3) is 1.41. The highest BCUT2D eigenvalue weighted by Gasteiger charge is 2.44. The number of nitrogens with one attached hydrogen (secondary N) is 2. The quantitative estimate of drug-likeness (QED) is 0.618.